The van der Waals surface area contributed by atoms with Crippen LogP contribution in [0.1, 0.15) is 13.3 Å². The summed E-state index contributed by atoms with van der Waals surface area (Å²) in [6.07, 6.45) is -0.335. The lowest BCUT2D eigenvalue weighted by Gasteiger charge is -2.34. The Balaban J connectivity index is 4.73. The highest BCUT2D eigenvalue weighted by molar-refractivity contribution is 7.80. The van der Waals surface area contributed by atoms with Gasteiger partial charge in [0.25, 0.3) is 0 Å². The fraction of sp³-hybridized carbons (Fsp3) is 0.778. The fourth-order valence-corrected chi connectivity index (χ4v) is 1.46. The van der Waals surface area contributed by atoms with E-state index in [-0.39, 0.29) is 6.42 Å². The van der Waals surface area contributed by atoms with E-state index in [0.717, 1.165) is 0 Å². The van der Waals surface area contributed by atoms with E-state index in [1.807, 2.05) is 21.1 Å². The molecule has 4 nitrogen and oxygen atoms in total. The van der Waals surface area contributed by atoms with E-state index in [0.29, 0.717) is 15.9 Å². The number of nitrogens with zero attached hydrogens (tertiary/aromatic N) is 1. The van der Waals surface area contributed by atoms with Crippen molar-refractivity contribution in [1.82, 2.24) is 0 Å². The number of carboxylic acid groups (broad SMARTS) is 1. The molecule has 1 unspecified atom stereocenters. The summed E-state index contributed by atoms with van der Waals surface area (Å²) < 4.78 is 0.470. The predicted octanol–water partition coefficient (Wildman–Crippen LogP) is 0.288. The van der Waals surface area contributed by atoms with Crippen molar-refractivity contribution in [3.05, 3.63) is 0 Å². The lowest BCUT2D eigenvalue weighted by molar-refractivity contribution is -0.875. The number of rotatable bonds is 5. The Hall–Kier alpha value is -0.520. The molecular weight excluding hydrogens is 202 g/mol. The van der Waals surface area contributed by atoms with Crippen LogP contribution in [0.3, 0.4) is 0 Å². The molecule has 0 amide bonds. The highest BCUT2D eigenvalue weighted by atomic mass is 32.1. The van der Waals surface area contributed by atoms with E-state index in [2.05, 4.69) is 0 Å². The average Bonchev–Trinajstić information content (AvgIpc) is 1.79. The maximum absolute atomic E-state index is 10.6. The highest BCUT2D eigenvalue weighted by Gasteiger charge is 2.37. The highest BCUT2D eigenvalue weighted by Crippen LogP contribution is 2.16. The molecule has 0 spiro atoms. The number of carbonyl (C=O) groups is 1. The van der Waals surface area contributed by atoms with Gasteiger partial charge in [0, 0.05) is 4.86 Å². The van der Waals surface area contributed by atoms with Crippen LogP contribution in [0.15, 0.2) is 0 Å². The van der Waals surface area contributed by atoms with Gasteiger partial charge in [-0.1, -0.05) is 12.2 Å². The van der Waals surface area contributed by atoms with Gasteiger partial charge in [0.1, 0.15) is 6.54 Å². The largest absolute Gasteiger partial charge is 0.481 e. The number of quaternary nitrogens is 1. The van der Waals surface area contributed by atoms with Crippen molar-refractivity contribution in [1.29, 1.82) is 0 Å². The summed E-state index contributed by atoms with van der Waals surface area (Å²) in [7, 11) is 5.64. The zero-order valence-corrected chi connectivity index (χ0v) is 9.89. The van der Waals surface area contributed by atoms with Gasteiger partial charge in [-0.25, -0.2) is 0 Å². The molecule has 0 saturated carbocycles. The number of carboxylic acids is 1. The van der Waals surface area contributed by atoms with E-state index >= 15 is 0 Å². The van der Waals surface area contributed by atoms with Crippen LogP contribution in [0.5, 0.6) is 0 Å². The zero-order valence-electron chi connectivity index (χ0n) is 9.07. The maximum atomic E-state index is 10.6. The second-order valence-electron chi connectivity index (χ2n) is 4.61. The molecule has 0 aromatic carbocycles. The van der Waals surface area contributed by atoms with E-state index in [4.69, 9.17) is 17.3 Å². The Morgan fingerprint density at radius 3 is 2.07 bits per heavy atom. The van der Waals surface area contributed by atoms with Crippen LogP contribution in [0.25, 0.3) is 0 Å². The van der Waals surface area contributed by atoms with Gasteiger partial charge >= 0.3 is 5.97 Å². The third kappa shape index (κ3) is 4.64. The molecule has 0 saturated heterocycles. The van der Waals surface area contributed by atoms with Gasteiger partial charge in [-0.15, -0.1) is 0 Å². The van der Waals surface area contributed by atoms with E-state index < -0.39 is 11.6 Å². The number of aliphatic carboxylic acids is 1. The molecule has 0 aromatic heterocycles. The molecule has 5 heteroatoms. The van der Waals surface area contributed by atoms with Gasteiger partial charge in [-0.3, -0.25) is 4.79 Å². The van der Waals surface area contributed by atoms with Crippen molar-refractivity contribution in [2.75, 3.05) is 27.7 Å². The van der Waals surface area contributed by atoms with Crippen LogP contribution < -0.4 is 0 Å². The fourth-order valence-electron chi connectivity index (χ4n) is 1.33. The van der Waals surface area contributed by atoms with Gasteiger partial charge in [0.15, 0.2) is 5.60 Å². The van der Waals surface area contributed by atoms with Gasteiger partial charge in [0.05, 0.1) is 27.6 Å². The summed E-state index contributed by atoms with van der Waals surface area (Å²) in [5.41, 5.74) is -1.39. The molecule has 1 atom stereocenters. The molecule has 0 rings (SSSR count). The van der Waals surface area contributed by atoms with Gasteiger partial charge in [-0.05, 0) is 6.92 Å². The third-order valence-corrected chi connectivity index (χ3v) is 2.21. The minimum atomic E-state index is -1.39. The first-order valence-corrected chi connectivity index (χ1v) is 4.73. The molecule has 0 radical (unpaired) electrons. The molecule has 0 aliphatic carbocycles. The van der Waals surface area contributed by atoms with Crippen molar-refractivity contribution in [2.45, 2.75) is 18.9 Å². The molecule has 82 valence electrons. The zero-order chi connectivity index (χ0) is 11.6. The van der Waals surface area contributed by atoms with E-state index in [9.17, 15) is 9.90 Å². The van der Waals surface area contributed by atoms with E-state index in [1.54, 1.807) is 6.92 Å². The lowest BCUT2D eigenvalue weighted by Crippen LogP contribution is -2.53. The average molecular weight is 220 g/mol. The Morgan fingerprint density at radius 1 is 1.43 bits per heavy atom. The van der Waals surface area contributed by atoms with Gasteiger partial charge in [-0.2, -0.15) is 0 Å². The lowest BCUT2D eigenvalue weighted by atomic mass is 9.95. The minimum Gasteiger partial charge on any atom is -0.481 e. The number of thiocarbonyl (C=S) groups is 1. The standard InChI is InChI=1S/C9H17NO3S/c1-7(14)9(13,5-8(11)12)6-10(2,3)4/h13H,5-6H2,1-4H3/p+1. The second-order valence-corrected chi connectivity index (χ2v) is 5.22. The van der Waals surface area contributed by atoms with Crippen LogP contribution >= 0.6 is 12.2 Å². The topological polar surface area (TPSA) is 57.5 Å². The monoisotopic (exact) mass is 220 g/mol. The number of likely N-dealkylation sites (N-methyl/N-ethyl adjacent to an activating group) is 1. The first kappa shape index (κ1) is 13.5. The van der Waals surface area contributed by atoms with E-state index in [1.165, 1.54) is 0 Å². The smallest absolute Gasteiger partial charge is 0.306 e. The maximum Gasteiger partial charge on any atom is 0.306 e. The molecule has 0 heterocycles. The first-order valence-electron chi connectivity index (χ1n) is 4.32. The van der Waals surface area contributed by atoms with Crippen molar-refractivity contribution in [3.63, 3.8) is 0 Å². The Morgan fingerprint density at radius 2 is 1.86 bits per heavy atom. The number of aliphatic hydroxyl groups is 1. The summed E-state index contributed by atoms with van der Waals surface area (Å²) in [5, 5.41) is 18.7. The normalized spacial score (nSPS) is 16.1. The van der Waals surface area contributed by atoms with Crippen molar-refractivity contribution >= 4 is 23.1 Å². The first-order chi connectivity index (χ1) is 6.07. The molecule has 14 heavy (non-hydrogen) atoms. The number of hydrogen-bond donors (Lipinski definition) is 2. The molecule has 0 bridgehead atoms. The predicted molar refractivity (Wildman–Crippen MR) is 58.4 cm³/mol. The Kier molecular flexibility index (Phi) is 4.17. The molecule has 0 aromatic rings. The molecular formula is C9H18NO3S+. The summed E-state index contributed by atoms with van der Waals surface area (Å²) in [5.74, 6) is -1.04. The number of hydrogen-bond acceptors (Lipinski definition) is 3. The van der Waals surface area contributed by atoms with Crippen LogP contribution in [-0.2, 0) is 4.79 Å². The van der Waals surface area contributed by atoms with Crippen LogP contribution in [0.2, 0.25) is 0 Å². The van der Waals surface area contributed by atoms with Crippen molar-refractivity contribution in [2.24, 2.45) is 0 Å². The Labute approximate surface area is 89.7 Å². The van der Waals surface area contributed by atoms with Crippen molar-refractivity contribution in [3.8, 4) is 0 Å². The van der Waals surface area contributed by atoms with Crippen LogP contribution in [-0.4, -0.2) is 58.8 Å². The summed E-state index contributed by atoms with van der Waals surface area (Å²) in [4.78, 5) is 10.9. The van der Waals surface area contributed by atoms with Gasteiger partial charge < -0.3 is 14.7 Å². The second kappa shape index (κ2) is 4.33. The quantitative estimate of drug-likeness (QED) is 0.516. The Bertz CT molecular complexity index is 247. The van der Waals surface area contributed by atoms with Gasteiger partial charge in [0.2, 0.25) is 0 Å². The summed E-state index contributed by atoms with van der Waals surface area (Å²) >= 11 is 4.89. The summed E-state index contributed by atoms with van der Waals surface area (Å²) in [6.45, 7) is 1.88. The third-order valence-electron chi connectivity index (χ3n) is 1.83. The summed E-state index contributed by atoms with van der Waals surface area (Å²) in [6, 6.07) is 0. The molecule has 0 aliphatic heterocycles. The molecule has 2 N–H and O–H groups in total. The van der Waals surface area contributed by atoms with Crippen molar-refractivity contribution < 1.29 is 19.5 Å². The van der Waals surface area contributed by atoms with Crippen LogP contribution in [0, 0.1) is 0 Å². The van der Waals surface area contributed by atoms with Crippen LogP contribution in [0.4, 0.5) is 0 Å². The molecule has 0 aliphatic rings. The SMILES string of the molecule is CC(=S)C(O)(CC(=O)O)C[N+](C)(C)C. The molecule has 0 fully saturated rings. The minimum absolute atomic E-state index is 0.300.